The van der Waals surface area contributed by atoms with E-state index in [1.807, 2.05) is 12.1 Å². The molecule has 1 saturated carbocycles. The molecular formula is C16H25ClN2. The van der Waals surface area contributed by atoms with Gasteiger partial charge in [0.05, 0.1) is 0 Å². The van der Waals surface area contributed by atoms with E-state index in [2.05, 4.69) is 43.2 Å². The summed E-state index contributed by atoms with van der Waals surface area (Å²) in [6.45, 7) is 6.65. The van der Waals surface area contributed by atoms with Crippen molar-refractivity contribution in [2.24, 2.45) is 5.92 Å². The fraction of sp³-hybridized carbons (Fsp3) is 0.625. The summed E-state index contributed by atoms with van der Waals surface area (Å²) in [6, 6.07) is 9.45. The largest absolute Gasteiger partial charge is 0.314 e. The number of halogens is 1. The van der Waals surface area contributed by atoms with Crippen molar-refractivity contribution >= 4 is 11.6 Å². The highest BCUT2D eigenvalue weighted by molar-refractivity contribution is 6.31. The van der Waals surface area contributed by atoms with Crippen molar-refractivity contribution in [2.45, 2.75) is 45.3 Å². The molecule has 106 valence electrons. The van der Waals surface area contributed by atoms with E-state index in [0.717, 1.165) is 24.2 Å². The topological polar surface area (TPSA) is 15.3 Å². The third kappa shape index (κ3) is 4.48. The Hall–Kier alpha value is -0.570. The molecule has 0 radical (unpaired) electrons. The zero-order chi connectivity index (χ0) is 13.8. The maximum absolute atomic E-state index is 6.22. The summed E-state index contributed by atoms with van der Waals surface area (Å²) in [5.74, 6) is 0.646. The van der Waals surface area contributed by atoms with Gasteiger partial charge in [0, 0.05) is 23.7 Å². The lowest BCUT2D eigenvalue weighted by molar-refractivity contribution is 0.188. The van der Waals surface area contributed by atoms with Crippen LogP contribution >= 0.6 is 11.6 Å². The van der Waals surface area contributed by atoms with Gasteiger partial charge in [-0.1, -0.05) is 36.7 Å². The predicted octanol–water partition coefficient (Wildman–Crippen LogP) is 3.55. The van der Waals surface area contributed by atoms with E-state index in [0.29, 0.717) is 12.0 Å². The Morgan fingerprint density at radius 1 is 1.32 bits per heavy atom. The number of hydrogen-bond acceptors (Lipinski definition) is 2. The molecule has 2 unspecified atom stereocenters. The smallest absolute Gasteiger partial charge is 0.0451 e. The lowest BCUT2D eigenvalue weighted by Crippen LogP contribution is -2.39. The Kier molecular flexibility index (Phi) is 5.26. The van der Waals surface area contributed by atoms with Crippen molar-refractivity contribution in [3.63, 3.8) is 0 Å². The molecule has 19 heavy (non-hydrogen) atoms. The van der Waals surface area contributed by atoms with Crippen LogP contribution in [0.3, 0.4) is 0 Å². The molecule has 1 aliphatic rings. The van der Waals surface area contributed by atoms with Crippen LogP contribution < -0.4 is 5.32 Å². The molecule has 1 fully saturated rings. The molecular weight excluding hydrogens is 256 g/mol. The molecule has 1 N–H and O–H groups in total. The molecule has 1 aromatic carbocycles. The minimum absolute atomic E-state index is 0.544. The number of nitrogens with one attached hydrogen (secondary N) is 1. The zero-order valence-electron chi connectivity index (χ0n) is 12.2. The van der Waals surface area contributed by atoms with Crippen molar-refractivity contribution in [1.82, 2.24) is 10.2 Å². The Morgan fingerprint density at radius 3 is 2.63 bits per heavy atom. The van der Waals surface area contributed by atoms with Gasteiger partial charge in [-0.05, 0) is 50.9 Å². The minimum atomic E-state index is 0.544. The first-order valence-corrected chi connectivity index (χ1v) is 7.62. The van der Waals surface area contributed by atoms with Gasteiger partial charge in [-0.15, -0.1) is 0 Å². The quantitative estimate of drug-likeness (QED) is 0.822. The summed E-state index contributed by atoms with van der Waals surface area (Å²) in [7, 11) is 2.18. The molecule has 0 saturated heterocycles. The van der Waals surface area contributed by atoms with E-state index >= 15 is 0 Å². The van der Waals surface area contributed by atoms with Gasteiger partial charge < -0.3 is 5.32 Å². The van der Waals surface area contributed by atoms with Gasteiger partial charge in [0.15, 0.2) is 0 Å². The molecule has 0 aliphatic heterocycles. The van der Waals surface area contributed by atoms with Gasteiger partial charge in [0.2, 0.25) is 0 Å². The number of hydrogen-bond donors (Lipinski definition) is 1. The third-order valence-corrected chi connectivity index (χ3v) is 4.57. The maximum atomic E-state index is 6.22. The molecule has 2 atom stereocenters. The van der Waals surface area contributed by atoms with Gasteiger partial charge >= 0.3 is 0 Å². The van der Waals surface area contributed by atoms with Crippen molar-refractivity contribution < 1.29 is 0 Å². The van der Waals surface area contributed by atoms with E-state index < -0.39 is 0 Å². The van der Waals surface area contributed by atoms with E-state index in [-0.39, 0.29) is 0 Å². The van der Waals surface area contributed by atoms with Gasteiger partial charge in [0.25, 0.3) is 0 Å². The Labute approximate surface area is 122 Å². The number of rotatable bonds is 7. The monoisotopic (exact) mass is 280 g/mol. The van der Waals surface area contributed by atoms with E-state index in [9.17, 15) is 0 Å². The first kappa shape index (κ1) is 14.8. The molecule has 0 bridgehead atoms. The lowest BCUT2D eigenvalue weighted by Gasteiger charge is -2.30. The Bertz CT molecular complexity index is 403. The average molecular weight is 281 g/mol. The van der Waals surface area contributed by atoms with Crippen LogP contribution in [0.15, 0.2) is 24.3 Å². The van der Waals surface area contributed by atoms with Crippen LogP contribution in [0.2, 0.25) is 5.02 Å². The summed E-state index contributed by atoms with van der Waals surface area (Å²) in [4.78, 5) is 2.39. The summed E-state index contributed by atoms with van der Waals surface area (Å²) in [5.41, 5.74) is 1.21. The average Bonchev–Trinajstić information content (AvgIpc) is 3.21. The molecule has 1 aromatic rings. The van der Waals surface area contributed by atoms with Crippen molar-refractivity contribution in [3.05, 3.63) is 34.9 Å². The summed E-state index contributed by atoms with van der Waals surface area (Å²) >= 11 is 6.22. The van der Waals surface area contributed by atoms with Gasteiger partial charge in [0.1, 0.15) is 0 Å². The highest BCUT2D eigenvalue weighted by atomic mass is 35.5. The first-order chi connectivity index (χ1) is 9.08. The van der Waals surface area contributed by atoms with Crippen molar-refractivity contribution in [2.75, 3.05) is 13.6 Å². The van der Waals surface area contributed by atoms with Gasteiger partial charge in [-0.3, -0.25) is 4.90 Å². The van der Waals surface area contributed by atoms with Gasteiger partial charge in [-0.2, -0.15) is 0 Å². The second-order valence-corrected chi connectivity index (χ2v) is 6.31. The van der Waals surface area contributed by atoms with E-state index in [1.165, 1.54) is 18.4 Å². The minimum Gasteiger partial charge on any atom is -0.314 e. The third-order valence-electron chi connectivity index (χ3n) is 4.20. The van der Waals surface area contributed by atoms with E-state index in [4.69, 9.17) is 11.6 Å². The number of benzene rings is 1. The van der Waals surface area contributed by atoms with E-state index in [1.54, 1.807) is 0 Å². The SMILES string of the molecule is CC(CNC1CC1)C(C)N(C)Cc1ccccc1Cl. The standard InChI is InChI=1S/C16H25ClN2/c1-12(10-18-15-8-9-15)13(2)19(3)11-14-6-4-5-7-16(14)17/h4-7,12-13,15,18H,8-11H2,1-3H3. The van der Waals surface area contributed by atoms with Crippen LogP contribution in [0.4, 0.5) is 0 Å². The normalized spacial score (nSPS) is 18.6. The Morgan fingerprint density at radius 2 is 2.00 bits per heavy atom. The van der Waals surface area contributed by atoms with Crippen LogP contribution in [0.25, 0.3) is 0 Å². The maximum Gasteiger partial charge on any atom is 0.0451 e. The molecule has 3 heteroatoms. The lowest BCUT2D eigenvalue weighted by atomic mass is 10.0. The first-order valence-electron chi connectivity index (χ1n) is 7.25. The Balaban J connectivity index is 1.83. The molecule has 0 amide bonds. The second kappa shape index (κ2) is 6.74. The fourth-order valence-electron chi connectivity index (χ4n) is 2.28. The van der Waals surface area contributed by atoms with Crippen LogP contribution in [0.5, 0.6) is 0 Å². The molecule has 0 heterocycles. The van der Waals surface area contributed by atoms with Crippen molar-refractivity contribution in [1.29, 1.82) is 0 Å². The van der Waals surface area contributed by atoms with Crippen molar-refractivity contribution in [3.8, 4) is 0 Å². The van der Waals surface area contributed by atoms with Crippen LogP contribution in [0, 0.1) is 5.92 Å². The summed E-state index contributed by atoms with van der Waals surface area (Å²) in [5, 5.41) is 4.48. The highest BCUT2D eigenvalue weighted by Gasteiger charge is 2.23. The molecule has 1 aliphatic carbocycles. The van der Waals surface area contributed by atoms with Gasteiger partial charge in [-0.25, -0.2) is 0 Å². The predicted molar refractivity (Wildman–Crippen MR) is 82.6 cm³/mol. The molecule has 2 rings (SSSR count). The highest BCUT2D eigenvalue weighted by Crippen LogP contribution is 2.21. The summed E-state index contributed by atoms with van der Waals surface area (Å²) in [6.07, 6.45) is 2.72. The van der Waals surface area contributed by atoms with Crippen LogP contribution in [-0.4, -0.2) is 30.6 Å². The number of nitrogens with zero attached hydrogens (tertiary/aromatic N) is 1. The second-order valence-electron chi connectivity index (χ2n) is 5.91. The molecule has 0 spiro atoms. The van der Waals surface area contributed by atoms with Crippen LogP contribution in [0.1, 0.15) is 32.3 Å². The fourth-order valence-corrected chi connectivity index (χ4v) is 2.48. The van der Waals surface area contributed by atoms with Crippen LogP contribution in [-0.2, 0) is 6.54 Å². The molecule has 0 aromatic heterocycles. The molecule has 2 nitrogen and oxygen atoms in total. The zero-order valence-corrected chi connectivity index (χ0v) is 13.0. The summed E-state index contributed by atoms with van der Waals surface area (Å²) < 4.78 is 0.